The second-order valence-electron chi connectivity index (χ2n) is 4.15. The van der Waals surface area contributed by atoms with Crippen molar-refractivity contribution in [3.63, 3.8) is 0 Å². The van der Waals surface area contributed by atoms with Crippen molar-refractivity contribution in [3.8, 4) is 17.5 Å². The first kappa shape index (κ1) is 12.2. The fraction of sp³-hybridized carbons (Fsp3) is 0.286. The lowest BCUT2D eigenvalue weighted by Crippen LogP contribution is -2.23. The van der Waals surface area contributed by atoms with Gasteiger partial charge in [-0.25, -0.2) is 14.2 Å². The molecule has 0 unspecified atom stereocenters. The molecule has 92 valence electrons. The summed E-state index contributed by atoms with van der Waals surface area (Å²) in [6.45, 7) is 6.13. The Hall–Kier alpha value is -2.28. The minimum absolute atomic E-state index is 0.279. The van der Waals surface area contributed by atoms with Crippen LogP contribution in [0, 0.1) is 25.7 Å². The molecule has 0 saturated heterocycles. The summed E-state index contributed by atoms with van der Waals surface area (Å²) >= 11 is 0. The highest BCUT2D eigenvalue weighted by atomic mass is 16.2. The molecule has 18 heavy (non-hydrogen) atoms. The Bertz CT molecular complexity index is 683. The van der Waals surface area contributed by atoms with E-state index in [0.717, 1.165) is 16.8 Å². The summed E-state index contributed by atoms with van der Waals surface area (Å²) in [7, 11) is 0. The van der Waals surface area contributed by atoms with Crippen molar-refractivity contribution in [2.24, 2.45) is 0 Å². The number of benzene rings is 1. The van der Waals surface area contributed by atoms with Crippen molar-refractivity contribution >= 4 is 0 Å². The van der Waals surface area contributed by atoms with Gasteiger partial charge in [0.25, 0.3) is 0 Å². The van der Waals surface area contributed by atoms with Gasteiger partial charge in [-0.15, -0.1) is 5.92 Å². The molecule has 4 heteroatoms. The van der Waals surface area contributed by atoms with Gasteiger partial charge >= 0.3 is 5.69 Å². The number of hydrogen-bond acceptors (Lipinski definition) is 2. The third-order valence-electron chi connectivity index (χ3n) is 2.78. The molecule has 0 spiro atoms. The van der Waals surface area contributed by atoms with Crippen molar-refractivity contribution in [1.82, 2.24) is 14.3 Å². The van der Waals surface area contributed by atoms with Gasteiger partial charge in [-0.2, -0.15) is 4.98 Å². The van der Waals surface area contributed by atoms with Crippen LogP contribution in [0.1, 0.15) is 18.1 Å². The molecule has 1 aromatic heterocycles. The molecule has 1 heterocycles. The molecule has 0 saturated carbocycles. The lowest BCUT2D eigenvalue weighted by molar-refractivity contribution is 0.601. The zero-order valence-corrected chi connectivity index (χ0v) is 10.8. The van der Waals surface area contributed by atoms with E-state index >= 15 is 0 Å². The molecule has 2 aromatic rings. The van der Waals surface area contributed by atoms with E-state index in [2.05, 4.69) is 16.8 Å². The lowest BCUT2D eigenvalue weighted by atomic mass is 10.1. The monoisotopic (exact) mass is 241 g/mol. The smallest absolute Gasteiger partial charge is 0.244 e. The van der Waals surface area contributed by atoms with E-state index in [1.54, 1.807) is 17.9 Å². The van der Waals surface area contributed by atoms with E-state index in [-0.39, 0.29) is 5.69 Å². The van der Waals surface area contributed by atoms with Crippen molar-refractivity contribution in [2.75, 3.05) is 0 Å². The second-order valence-corrected chi connectivity index (χ2v) is 4.15. The maximum atomic E-state index is 11.7. The van der Waals surface area contributed by atoms with Crippen molar-refractivity contribution in [3.05, 3.63) is 46.1 Å². The van der Waals surface area contributed by atoms with Gasteiger partial charge in [0.15, 0.2) is 0 Å². The first-order valence-corrected chi connectivity index (χ1v) is 5.75. The molecule has 0 fully saturated rings. The fourth-order valence-electron chi connectivity index (χ4n) is 1.78. The van der Waals surface area contributed by atoms with Crippen LogP contribution in [0.4, 0.5) is 0 Å². The lowest BCUT2D eigenvalue weighted by Gasteiger charge is -2.11. The largest absolute Gasteiger partial charge is 0.365 e. The normalized spacial score (nSPS) is 9.94. The molecule has 1 aromatic carbocycles. The van der Waals surface area contributed by atoms with Crippen molar-refractivity contribution in [2.45, 2.75) is 27.3 Å². The number of aryl methyl sites for hydroxylation is 2. The molecule has 0 atom stereocenters. The Labute approximate surface area is 106 Å². The Morgan fingerprint density at radius 3 is 2.83 bits per heavy atom. The zero-order valence-electron chi connectivity index (χ0n) is 10.8. The Morgan fingerprint density at radius 1 is 1.33 bits per heavy atom. The van der Waals surface area contributed by atoms with Crippen molar-refractivity contribution in [1.29, 1.82) is 0 Å². The summed E-state index contributed by atoms with van der Waals surface area (Å²) < 4.78 is 3.28. The predicted octanol–water partition coefficient (Wildman–Crippen LogP) is 1.67. The van der Waals surface area contributed by atoms with Crippen LogP contribution in [0.2, 0.25) is 0 Å². The van der Waals surface area contributed by atoms with E-state index < -0.39 is 0 Å². The zero-order chi connectivity index (χ0) is 13.1. The van der Waals surface area contributed by atoms with Gasteiger partial charge in [0.2, 0.25) is 0 Å². The SMILES string of the molecule is CC#CCn1c(=O)ncn1-c1cc(C)ccc1C. The van der Waals surface area contributed by atoms with Crippen molar-refractivity contribution < 1.29 is 0 Å². The van der Waals surface area contributed by atoms with Gasteiger partial charge in [-0.1, -0.05) is 18.1 Å². The minimum atomic E-state index is -0.279. The molecule has 0 amide bonds. The summed E-state index contributed by atoms with van der Waals surface area (Å²) in [5, 5.41) is 0. The summed E-state index contributed by atoms with van der Waals surface area (Å²) in [4.78, 5) is 15.5. The average Bonchev–Trinajstić information content (AvgIpc) is 2.71. The van der Waals surface area contributed by atoms with E-state index in [1.165, 1.54) is 4.68 Å². The molecule has 0 aliphatic heterocycles. The summed E-state index contributed by atoms with van der Waals surface area (Å²) in [5.41, 5.74) is 2.92. The second kappa shape index (κ2) is 4.92. The van der Waals surface area contributed by atoms with Crippen LogP contribution in [0.15, 0.2) is 29.3 Å². The van der Waals surface area contributed by atoms with Crippen LogP contribution in [0.25, 0.3) is 5.69 Å². The highest BCUT2D eigenvalue weighted by Gasteiger charge is 2.08. The fourth-order valence-corrected chi connectivity index (χ4v) is 1.78. The molecule has 0 radical (unpaired) electrons. The van der Waals surface area contributed by atoms with E-state index in [4.69, 9.17) is 0 Å². The maximum Gasteiger partial charge on any atom is 0.365 e. The van der Waals surface area contributed by atoms with E-state index in [9.17, 15) is 4.79 Å². The standard InChI is InChI=1S/C14H15N3O/c1-4-5-8-16-14(18)15-10-17(16)13-9-11(2)6-7-12(13)3/h6-7,9-10H,8H2,1-3H3. The van der Waals surface area contributed by atoms with Gasteiger partial charge in [0.1, 0.15) is 12.9 Å². The number of nitrogens with zero attached hydrogens (tertiary/aromatic N) is 3. The third-order valence-corrected chi connectivity index (χ3v) is 2.78. The van der Waals surface area contributed by atoms with Crippen LogP contribution in [-0.4, -0.2) is 14.3 Å². The van der Waals surface area contributed by atoms with Crippen LogP contribution < -0.4 is 5.69 Å². The van der Waals surface area contributed by atoms with Gasteiger partial charge in [0, 0.05) is 0 Å². The van der Waals surface area contributed by atoms with Crippen LogP contribution in [0.3, 0.4) is 0 Å². The van der Waals surface area contributed by atoms with Gasteiger partial charge in [-0.3, -0.25) is 0 Å². The minimum Gasteiger partial charge on any atom is -0.244 e. The summed E-state index contributed by atoms with van der Waals surface area (Å²) in [5.74, 6) is 5.67. The van der Waals surface area contributed by atoms with Gasteiger partial charge in [0.05, 0.1) is 5.69 Å². The first-order valence-electron chi connectivity index (χ1n) is 5.75. The summed E-state index contributed by atoms with van der Waals surface area (Å²) in [6.07, 6.45) is 1.54. The Kier molecular flexibility index (Phi) is 3.33. The third kappa shape index (κ3) is 2.21. The molecule has 0 aliphatic carbocycles. The molecule has 4 nitrogen and oxygen atoms in total. The molecule has 2 rings (SSSR count). The molecule has 0 bridgehead atoms. The maximum absolute atomic E-state index is 11.7. The van der Waals surface area contributed by atoms with Crippen LogP contribution in [-0.2, 0) is 6.54 Å². The van der Waals surface area contributed by atoms with Crippen LogP contribution in [0.5, 0.6) is 0 Å². The topological polar surface area (TPSA) is 39.8 Å². The van der Waals surface area contributed by atoms with Crippen LogP contribution >= 0.6 is 0 Å². The number of hydrogen-bond donors (Lipinski definition) is 0. The summed E-state index contributed by atoms with van der Waals surface area (Å²) in [6, 6.07) is 6.11. The molecule has 0 aliphatic rings. The highest BCUT2D eigenvalue weighted by Crippen LogP contribution is 2.14. The Morgan fingerprint density at radius 2 is 2.11 bits per heavy atom. The highest BCUT2D eigenvalue weighted by molar-refractivity contribution is 5.42. The number of rotatable bonds is 2. The predicted molar refractivity (Wildman–Crippen MR) is 70.7 cm³/mol. The molecule has 0 N–H and O–H groups in total. The van der Waals surface area contributed by atoms with Gasteiger partial charge < -0.3 is 0 Å². The average molecular weight is 241 g/mol. The number of aromatic nitrogens is 3. The van der Waals surface area contributed by atoms with Gasteiger partial charge in [-0.05, 0) is 38.0 Å². The Balaban J connectivity index is 2.59. The van der Waals surface area contributed by atoms with E-state index in [0.29, 0.717) is 6.54 Å². The molecular formula is C14H15N3O. The molecular weight excluding hydrogens is 226 g/mol. The quantitative estimate of drug-likeness (QED) is 0.750. The van der Waals surface area contributed by atoms with E-state index in [1.807, 2.05) is 32.0 Å². The first-order chi connectivity index (χ1) is 8.63.